The van der Waals surface area contributed by atoms with E-state index in [0.29, 0.717) is 5.56 Å². The molecule has 1 aromatic carbocycles. The van der Waals surface area contributed by atoms with E-state index in [-0.39, 0.29) is 35.8 Å². The lowest BCUT2D eigenvalue weighted by Crippen LogP contribution is -2.50. The maximum atomic E-state index is 12.9. The van der Waals surface area contributed by atoms with E-state index in [1.54, 1.807) is 0 Å². The highest BCUT2D eigenvalue weighted by atomic mass is 19.1. The van der Waals surface area contributed by atoms with Gasteiger partial charge in [-0.1, -0.05) is 20.8 Å². The number of ketones is 1. The van der Waals surface area contributed by atoms with Gasteiger partial charge in [0.2, 0.25) is 5.91 Å². The van der Waals surface area contributed by atoms with Crippen molar-refractivity contribution in [3.8, 4) is 0 Å². The molecule has 24 heavy (non-hydrogen) atoms. The summed E-state index contributed by atoms with van der Waals surface area (Å²) in [6.07, 6.45) is 0.391. The predicted molar refractivity (Wildman–Crippen MR) is 92.4 cm³/mol. The molecule has 4 nitrogen and oxygen atoms in total. The molecule has 0 bridgehead atoms. The monoisotopic (exact) mass is 334 g/mol. The first-order valence-corrected chi connectivity index (χ1v) is 8.53. The van der Waals surface area contributed by atoms with E-state index in [1.165, 1.54) is 24.3 Å². The van der Waals surface area contributed by atoms with Gasteiger partial charge in [0, 0.05) is 51.1 Å². The third-order valence-corrected chi connectivity index (χ3v) is 4.16. The Morgan fingerprint density at radius 1 is 1.00 bits per heavy atom. The predicted octanol–water partition coefficient (Wildman–Crippen LogP) is 2.98. The van der Waals surface area contributed by atoms with Gasteiger partial charge in [0.15, 0.2) is 5.78 Å². The summed E-state index contributed by atoms with van der Waals surface area (Å²) in [5.41, 5.74) is 0.715. The Hall–Kier alpha value is -1.75. The number of amides is 1. The van der Waals surface area contributed by atoms with Crippen LogP contribution < -0.4 is 0 Å². The molecule has 0 unspecified atom stereocenters. The van der Waals surface area contributed by atoms with Gasteiger partial charge in [-0.25, -0.2) is 4.39 Å². The minimum absolute atomic E-state index is 0.0286. The standard InChI is InChI=1S/C19H27FN2O2/c1-19(2,3)14-21-10-12-22(13-11-21)18(24)9-8-17(23)15-4-6-16(20)7-5-15/h4-7H,8-14H2,1-3H3. The van der Waals surface area contributed by atoms with Crippen LogP contribution in [-0.2, 0) is 4.79 Å². The molecule has 2 rings (SSSR count). The zero-order valence-electron chi connectivity index (χ0n) is 14.8. The second-order valence-electron chi connectivity index (χ2n) is 7.65. The normalized spacial score (nSPS) is 16.2. The molecule has 5 heteroatoms. The first kappa shape index (κ1) is 18.6. The van der Waals surface area contributed by atoms with Gasteiger partial charge in [0.05, 0.1) is 0 Å². The Labute approximate surface area is 143 Å². The molecular weight excluding hydrogens is 307 g/mol. The molecule has 1 aliphatic rings. The van der Waals surface area contributed by atoms with Crippen LogP contribution in [0.15, 0.2) is 24.3 Å². The topological polar surface area (TPSA) is 40.6 Å². The van der Waals surface area contributed by atoms with Gasteiger partial charge in [0.1, 0.15) is 5.82 Å². The molecule has 1 aliphatic heterocycles. The van der Waals surface area contributed by atoms with Crippen LogP contribution in [-0.4, -0.2) is 54.2 Å². The zero-order valence-corrected chi connectivity index (χ0v) is 14.8. The average Bonchev–Trinajstić information content (AvgIpc) is 2.52. The molecule has 1 heterocycles. The number of piperazine rings is 1. The summed E-state index contributed by atoms with van der Waals surface area (Å²) in [6, 6.07) is 5.47. The van der Waals surface area contributed by atoms with Crippen molar-refractivity contribution in [2.45, 2.75) is 33.6 Å². The number of carbonyl (C=O) groups is 2. The molecule has 0 radical (unpaired) electrons. The fourth-order valence-electron chi connectivity index (χ4n) is 2.98. The summed E-state index contributed by atoms with van der Waals surface area (Å²) in [6.45, 7) is 10.9. The minimum atomic E-state index is -0.365. The van der Waals surface area contributed by atoms with E-state index in [4.69, 9.17) is 0 Å². The van der Waals surface area contributed by atoms with Gasteiger partial charge in [0.25, 0.3) is 0 Å². The van der Waals surface area contributed by atoms with Crippen LogP contribution in [0.4, 0.5) is 4.39 Å². The smallest absolute Gasteiger partial charge is 0.223 e. The summed E-state index contributed by atoms with van der Waals surface area (Å²) in [5.74, 6) is -0.452. The average molecular weight is 334 g/mol. The number of hydrogen-bond acceptors (Lipinski definition) is 3. The molecule has 1 saturated heterocycles. The van der Waals surface area contributed by atoms with Crippen LogP contribution in [0.3, 0.4) is 0 Å². The van der Waals surface area contributed by atoms with Gasteiger partial charge in [-0.15, -0.1) is 0 Å². The summed E-state index contributed by atoms with van der Waals surface area (Å²) < 4.78 is 12.9. The quantitative estimate of drug-likeness (QED) is 0.777. The number of halogens is 1. The van der Waals surface area contributed by atoms with Crippen molar-refractivity contribution in [1.82, 2.24) is 9.80 Å². The zero-order chi connectivity index (χ0) is 17.7. The molecule has 0 aromatic heterocycles. The van der Waals surface area contributed by atoms with Gasteiger partial charge in [-0.2, -0.15) is 0 Å². The number of carbonyl (C=O) groups excluding carboxylic acids is 2. The van der Waals surface area contributed by atoms with Crippen molar-refractivity contribution in [2.75, 3.05) is 32.7 Å². The highest BCUT2D eigenvalue weighted by Crippen LogP contribution is 2.17. The van der Waals surface area contributed by atoms with E-state index in [2.05, 4.69) is 25.7 Å². The van der Waals surface area contributed by atoms with Gasteiger partial charge in [-0.05, 0) is 29.7 Å². The largest absolute Gasteiger partial charge is 0.340 e. The van der Waals surface area contributed by atoms with E-state index >= 15 is 0 Å². The first-order valence-electron chi connectivity index (χ1n) is 8.53. The van der Waals surface area contributed by atoms with Crippen LogP contribution in [0.2, 0.25) is 0 Å². The van der Waals surface area contributed by atoms with E-state index in [1.807, 2.05) is 4.90 Å². The second kappa shape index (κ2) is 7.88. The first-order chi connectivity index (χ1) is 11.2. The molecule has 0 spiro atoms. The highest BCUT2D eigenvalue weighted by Gasteiger charge is 2.24. The SMILES string of the molecule is CC(C)(C)CN1CCN(C(=O)CCC(=O)c2ccc(F)cc2)CC1. The van der Waals surface area contributed by atoms with Crippen molar-refractivity contribution in [3.63, 3.8) is 0 Å². The Kier molecular flexibility index (Phi) is 6.10. The molecular formula is C19H27FN2O2. The summed E-state index contributed by atoms with van der Waals surface area (Å²) in [5, 5.41) is 0. The van der Waals surface area contributed by atoms with Crippen molar-refractivity contribution in [1.29, 1.82) is 0 Å². The van der Waals surface area contributed by atoms with Crippen LogP contribution in [0, 0.1) is 11.2 Å². The van der Waals surface area contributed by atoms with Gasteiger partial charge >= 0.3 is 0 Å². The number of rotatable bonds is 5. The van der Waals surface area contributed by atoms with Gasteiger partial charge in [-0.3, -0.25) is 14.5 Å². The van der Waals surface area contributed by atoms with E-state index < -0.39 is 0 Å². The Balaban J connectivity index is 1.75. The Bertz CT molecular complexity index is 570. The molecule has 1 amide bonds. The van der Waals surface area contributed by atoms with Gasteiger partial charge < -0.3 is 4.90 Å². The molecule has 0 aliphatic carbocycles. The second-order valence-corrected chi connectivity index (χ2v) is 7.65. The Morgan fingerprint density at radius 2 is 1.58 bits per heavy atom. The third-order valence-electron chi connectivity index (χ3n) is 4.16. The van der Waals surface area contributed by atoms with Crippen LogP contribution in [0.5, 0.6) is 0 Å². The number of hydrogen-bond donors (Lipinski definition) is 0. The van der Waals surface area contributed by atoms with Crippen molar-refractivity contribution in [2.24, 2.45) is 5.41 Å². The van der Waals surface area contributed by atoms with Crippen molar-refractivity contribution < 1.29 is 14.0 Å². The highest BCUT2D eigenvalue weighted by molar-refractivity contribution is 5.97. The fourth-order valence-corrected chi connectivity index (χ4v) is 2.98. The van der Waals surface area contributed by atoms with Crippen LogP contribution in [0.25, 0.3) is 0 Å². The number of nitrogens with zero attached hydrogens (tertiary/aromatic N) is 2. The number of Topliss-reactive ketones (excluding diaryl/α,β-unsaturated/α-hetero) is 1. The van der Waals surface area contributed by atoms with Crippen molar-refractivity contribution in [3.05, 3.63) is 35.6 Å². The molecule has 0 saturated carbocycles. The summed E-state index contributed by atoms with van der Waals surface area (Å²) in [7, 11) is 0. The molecule has 132 valence electrons. The number of benzene rings is 1. The minimum Gasteiger partial charge on any atom is -0.340 e. The van der Waals surface area contributed by atoms with Crippen LogP contribution in [0.1, 0.15) is 44.0 Å². The Morgan fingerprint density at radius 3 is 2.12 bits per heavy atom. The van der Waals surface area contributed by atoms with E-state index in [9.17, 15) is 14.0 Å². The summed E-state index contributed by atoms with van der Waals surface area (Å²) in [4.78, 5) is 28.6. The maximum absolute atomic E-state index is 12.9. The lowest BCUT2D eigenvalue weighted by molar-refractivity contribution is -0.133. The van der Waals surface area contributed by atoms with Crippen molar-refractivity contribution >= 4 is 11.7 Å². The third kappa shape index (κ3) is 5.71. The van der Waals surface area contributed by atoms with E-state index in [0.717, 1.165) is 32.7 Å². The lowest BCUT2D eigenvalue weighted by atomic mass is 9.96. The molecule has 1 aromatic rings. The van der Waals surface area contributed by atoms with Crippen LogP contribution >= 0.6 is 0 Å². The molecule has 1 fully saturated rings. The fraction of sp³-hybridized carbons (Fsp3) is 0.579. The maximum Gasteiger partial charge on any atom is 0.223 e. The summed E-state index contributed by atoms with van der Waals surface area (Å²) >= 11 is 0. The lowest BCUT2D eigenvalue weighted by Gasteiger charge is -2.37. The molecule has 0 N–H and O–H groups in total. The molecule has 0 atom stereocenters.